The highest BCUT2D eigenvalue weighted by Crippen LogP contribution is 2.75. The van der Waals surface area contributed by atoms with Crippen molar-refractivity contribution in [2.75, 3.05) is 19.6 Å². The number of fused-ring (bicyclic) bond motifs is 7. The van der Waals surface area contributed by atoms with E-state index in [2.05, 4.69) is 52.1 Å². The largest absolute Gasteiger partial charge is 0.481 e. The molecular weight excluding hydrogens is 572 g/mol. The standard InChI is InChI=1S/C40H64N2O4/c1-7-9-28(11-14-35(44)45)29-15-18-37(4)30(27(29)2)16-19-39(6)33(37)13-12-31-32-10-8-17-40(32,21-20-38(31,39)5)41-26-34(43)42-24-22-36(3,46)23-25-42/h9,15,27,30-33,41,46H,7-8,10-14,16-26H2,1-6H3,(H,44,45)/b28-9+/t27?,30?,31?,32?,33?,37?,38-,39?,40?/m1/s1. The topological polar surface area (TPSA) is 89.9 Å². The van der Waals surface area contributed by atoms with Gasteiger partial charge in [0.25, 0.3) is 0 Å². The van der Waals surface area contributed by atoms with Gasteiger partial charge in [-0.3, -0.25) is 9.59 Å². The van der Waals surface area contributed by atoms with E-state index in [4.69, 9.17) is 0 Å². The molecule has 8 unspecified atom stereocenters. The van der Waals surface area contributed by atoms with Gasteiger partial charge >= 0.3 is 5.97 Å². The van der Waals surface area contributed by atoms with E-state index in [1.54, 1.807) is 0 Å². The van der Waals surface area contributed by atoms with E-state index in [-0.39, 0.29) is 23.3 Å². The molecule has 1 aliphatic heterocycles. The van der Waals surface area contributed by atoms with Crippen LogP contribution in [0.15, 0.2) is 23.3 Å². The fourth-order valence-electron chi connectivity index (χ4n) is 13.0. The van der Waals surface area contributed by atoms with E-state index in [9.17, 15) is 19.8 Å². The van der Waals surface area contributed by atoms with Crippen molar-refractivity contribution in [1.29, 1.82) is 0 Å². The van der Waals surface area contributed by atoms with Crippen molar-refractivity contribution in [3.8, 4) is 0 Å². The van der Waals surface area contributed by atoms with Crippen LogP contribution in [0.25, 0.3) is 0 Å². The maximum Gasteiger partial charge on any atom is 0.303 e. The number of nitrogens with one attached hydrogen (secondary N) is 1. The maximum absolute atomic E-state index is 13.3. The van der Waals surface area contributed by atoms with E-state index in [1.807, 2.05) is 11.8 Å². The smallest absolute Gasteiger partial charge is 0.303 e. The zero-order valence-corrected chi connectivity index (χ0v) is 29.9. The number of carboxylic acids is 1. The summed E-state index contributed by atoms with van der Waals surface area (Å²) in [6, 6.07) is 0. The summed E-state index contributed by atoms with van der Waals surface area (Å²) in [6.45, 7) is 16.3. The van der Waals surface area contributed by atoms with Crippen LogP contribution < -0.4 is 5.32 Å². The molecule has 9 atom stereocenters. The third kappa shape index (κ3) is 5.53. The molecule has 0 aromatic carbocycles. The van der Waals surface area contributed by atoms with Gasteiger partial charge < -0.3 is 20.4 Å². The molecule has 0 radical (unpaired) electrons. The number of aliphatic hydroxyl groups is 1. The summed E-state index contributed by atoms with van der Waals surface area (Å²) in [6.07, 6.45) is 20.5. The predicted octanol–water partition coefficient (Wildman–Crippen LogP) is 7.90. The Morgan fingerprint density at radius 3 is 2.35 bits per heavy atom. The highest BCUT2D eigenvalue weighted by Gasteiger charge is 2.68. The van der Waals surface area contributed by atoms with Crippen LogP contribution in [-0.4, -0.2) is 57.8 Å². The number of nitrogens with zero attached hydrogens (tertiary/aromatic N) is 1. The van der Waals surface area contributed by atoms with Crippen LogP contribution in [0.3, 0.4) is 0 Å². The molecule has 4 saturated carbocycles. The minimum Gasteiger partial charge on any atom is -0.481 e. The summed E-state index contributed by atoms with van der Waals surface area (Å²) in [5.41, 5.74) is 3.09. The number of carbonyl (C=O) groups excluding carboxylic acids is 1. The first-order chi connectivity index (χ1) is 21.7. The normalized spacial score (nSPS) is 43.5. The van der Waals surface area contributed by atoms with E-state index in [1.165, 1.54) is 68.9 Å². The predicted molar refractivity (Wildman–Crippen MR) is 184 cm³/mol. The van der Waals surface area contributed by atoms with Gasteiger partial charge in [-0.2, -0.15) is 0 Å². The van der Waals surface area contributed by atoms with Crippen LogP contribution in [0.5, 0.6) is 0 Å². The van der Waals surface area contributed by atoms with Gasteiger partial charge in [0.05, 0.1) is 12.1 Å². The van der Waals surface area contributed by atoms with Gasteiger partial charge in [-0.25, -0.2) is 0 Å². The average Bonchev–Trinajstić information content (AvgIpc) is 3.43. The monoisotopic (exact) mass is 636 g/mol. The summed E-state index contributed by atoms with van der Waals surface area (Å²) in [5.74, 6) is 2.70. The quantitative estimate of drug-likeness (QED) is 0.252. The molecule has 5 fully saturated rings. The number of hydrogen-bond donors (Lipinski definition) is 3. The van der Waals surface area contributed by atoms with Gasteiger partial charge in [-0.15, -0.1) is 0 Å². The molecule has 0 aromatic rings. The van der Waals surface area contributed by atoms with Crippen LogP contribution in [0.4, 0.5) is 0 Å². The SMILES string of the molecule is CC/C=C(\CCC(=O)O)C1=CCC2(C)C(CCC3(C)C2CCC2C4CCCC4(NCC(=O)N4CCC(C)(O)CC4)CC[C@]23C)C1C. The molecule has 3 N–H and O–H groups in total. The average molecular weight is 637 g/mol. The van der Waals surface area contributed by atoms with E-state index in [0.29, 0.717) is 79.3 Å². The van der Waals surface area contributed by atoms with Crippen LogP contribution in [-0.2, 0) is 9.59 Å². The third-order valence-electron chi connectivity index (χ3n) is 15.8. The molecule has 1 amide bonds. The minimum absolute atomic E-state index is 0.0976. The molecule has 6 heteroatoms. The molecule has 0 aromatic heterocycles. The van der Waals surface area contributed by atoms with Crippen LogP contribution in [0.2, 0.25) is 0 Å². The van der Waals surface area contributed by atoms with Crippen molar-refractivity contribution in [1.82, 2.24) is 10.2 Å². The molecule has 5 aliphatic carbocycles. The molecule has 0 bridgehead atoms. The fraction of sp³-hybridized carbons (Fsp3) is 0.850. The van der Waals surface area contributed by atoms with Crippen molar-refractivity contribution in [3.63, 3.8) is 0 Å². The van der Waals surface area contributed by atoms with Gasteiger partial charge in [-0.1, -0.05) is 53.2 Å². The molecule has 1 heterocycles. The molecule has 6 nitrogen and oxygen atoms in total. The molecule has 6 rings (SSSR count). The van der Waals surface area contributed by atoms with E-state index >= 15 is 0 Å². The van der Waals surface area contributed by atoms with E-state index in [0.717, 1.165) is 12.8 Å². The summed E-state index contributed by atoms with van der Waals surface area (Å²) >= 11 is 0. The second kappa shape index (κ2) is 12.3. The molecule has 0 spiro atoms. The number of likely N-dealkylation sites (tertiary alicyclic amines) is 1. The number of carboxylic acid groups (broad SMARTS) is 1. The zero-order valence-electron chi connectivity index (χ0n) is 29.9. The Kier molecular flexibility index (Phi) is 9.18. The number of aliphatic carboxylic acids is 1. The molecule has 46 heavy (non-hydrogen) atoms. The number of hydrogen-bond acceptors (Lipinski definition) is 4. The zero-order chi connectivity index (χ0) is 33.1. The number of rotatable bonds is 8. The lowest BCUT2D eigenvalue weighted by Gasteiger charge is -2.71. The summed E-state index contributed by atoms with van der Waals surface area (Å²) < 4.78 is 0. The van der Waals surface area contributed by atoms with Crippen LogP contribution in [0.1, 0.15) is 138 Å². The lowest BCUT2D eigenvalue weighted by atomic mass is 9.34. The van der Waals surface area contributed by atoms with Crippen molar-refractivity contribution >= 4 is 11.9 Å². The Balaban J connectivity index is 1.19. The Morgan fingerprint density at radius 1 is 0.913 bits per heavy atom. The van der Waals surface area contributed by atoms with Crippen molar-refractivity contribution in [2.45, 2.75) is 149 Å². The minimum atomic E-state index is -0.702. The first kappa shape index (κ1) is 34.2. The van der Waals surface area contributed by atoms with Crippen LogP contribution in [0, 0.1) is 45.8 Å². The van der Waals surface area contributed by atoms with Gasteiger partial charge in [0, 0.05) is 25.0 Å². The van der Waals surface area contributed by atoms with Crippen molar-refractivity contribution in [3.05, 3.63) is 23.3 Å². The molecule has 258 valence electrons. The highest BCUT2D eigenvalue weighted by atomic mass is 16.4. The number of allylic oxidation sites excluding steroid dienone is 4. The van der Waals surface area contributed by atoms with Gasteiger partial charge in [0.1, 0.15) is 0 Å². The summed E-state index contributed by atoms with van der Waals surface area (Å²) in [4.78, 5) is 26.8. The Hall–Kier alpha value is -1.66. The van der Waals surface area contributed by atoms with E-state index < -0.39 is 11.6 Å². The first-order valence-corrected chi connectivity index (χ1v) is 19.1. The first-order valence-electron chi connectivity index (χ1n) is 19.1. The Bertz CT molecular complexity index is 1250. The number of carbonyl (C=O) groups is 2. The van der Waals surface area contributed by atoms with Gasteiger partial charge in [0.15, 0.2) is 0 Å². The number of piperidine rings is 1. The van der Waals surface area contributed by atoms with Crippen molar-refractivity contribution in [2.24, 2.45) is 45.8 Å². The Morgan fingerprint density at radius 2 is 1.65 bits per heavy atom. The summed E-state index contributed by atoms with van der Waals surface area (Å²) in [7, 11) is 0. The van der Waals surface area contributed by atoms with Gasteiger partial charge in [-0.05, 0) is 147 Å². The van der Waals surface area contributed by atoms with Crippen LogP contribution >= 0.6 is 0 Å². The van der Waals surface area contributed by atoms with Crippen molar-refractivity contribution < 1.29 is 19.8 Å². The van der Waals surface area contributed by atoms with Gasteiger partial charge in [0.2, 0.25) is 5.91 Å². The maximum atomic E-state index is 13.3. The number of amides is 1. The lowest BCUT2D eigenvalue weighted by Crippen LogP contribution is -2.67. The highest BCUT2D eigenvalue weighted by molar-refractivity contribution is 5.78. The Labute approximate surface area is 279 Å². The third-order valence-corrected chi connectivity index (χ3v) is 15.8. The molecule has 1 saturated heterocycles. The molecule has 6 aliphatic rings. The molecular formula is C40H64N2O4. The second-order valence-electron chi connectivity index (χ2n) is 17.8. The summed E-state index contributed by atoms with van der Waals surface area (Å²) in [5, 5.41) is 23.7. The fourth-order valence-corrected chi connectivity index (χ4v) is 13.0. The second-order valence-corrected chi connectivity index (χ2v) is 17.8. The lowest BCUT2D eigenvalue weighted by molar-refractivity contribution is -0.212.